The number of nitrogens with zero attached hydrogens (tertiary/aromatic N) is 1. The first-order valence-corrected chi connectivity index (χ1v) is 9.47. The molecule has 0 spiro atoms. The molecule has 2 aromatic heterocycles. The van der Waals surface area contributed by atoms with Gasteiger partial charge in [0.15, 0.2) is 0 Å². The highest BCUT2D eigenvalue weighted by Crippen LogP contribution is 2.37. The number of H-pyrrole nitrogens is 1. The fraction of sp³-hybridized carbons (Fsp3) is 0.150. The van der Waals surface area contributed by atoms with Gasteiger partial charge in [-0.1, -0.05) is 35.3 Å². The van der Waals surface area contributed by atoms with Crippen molar-refractivity contribution in [2.75, 3.05) is 0 Å². The maximum absolute atomic E-state index is 6.67. The molecule has 0 aliphatic rings. The number of hydrogen-bond acceptors (Lipinski definition) is 3. The fourth-order valence-corrected chi connectivity index (χ4v) is 3.55. The number of fused-ring (bicyclic) bond motifs is 1. The molecule has 0 aliphatic heterocycles. The van der Waals surface area contributed by atoms with Crippen molar-refractivity contribution in [2.24, 2.45) is 0 Å². The van der Waals surface area contributed by atoms with Gasteiger partial charge in [0.05, 0.1) is 12.9 Å². The van der Waals surface area contributed by atoms with E-state index in [0.29, 0.717) is 22.5 Å². The first kappa shape index (κ1) is 18.4. The summed E-state index contributed by atoms with van der Waals surface area (Å²) in [4.78, 5) is 7.30. The zero-order valence-corrected chi connectivity index (χ0v) is 16.3. The molecule has 0 fully saturated rings. The Kier molecular flexibility index (Phi) is 5.41. The van der Waals surface area contributed by atoms with Crippen LogP contribution >= 0.6 is 34.8 Å². The van der Waals surface area contributed by atoms with Crippen molar-refractivity contribution in [3.05, 3.63) is 88.1 Å². The van der Waals surface area contributed by atoms with Gasteiger partial charge in [0.2, 0.25) is 0 Å². The summed E-state index contributed by atoms with van der Waals surface area (Å²) in [7, 11) is 0. The molecule has 0 aliphatic carbocycles. The third kappa shape index (κ3) is 3.99. The molecule has 4 rings (SSSR count). The highest BCUT2D eigenvalue weighted by molar-refractivity contribution is 6.31. The molecule has 0 saturated heterocycles. The highest BCUT2D eigenvalue weighted by atomic mass is 35.5. The van der Waals surface area contributed by atoms with Crippen molar-refractivity contribution in [3.8, 4) is 0 Å². The molecule has 7 heteroatoms. The lowest BCUT2D eigenvalue weighted by Gasteiger charge is -2.22. The van der Waals surface area contributed by atoms with Gasteiger partial charge in [-0.15, -0.1) is 11.6 Å². The van der Waals surface area contributed by atoms with Crippen LogP contribution in [0.15, 0.2) is 65.5 Å². The van der Waals surface area contributed by atoms with Crippen LogP contribution in [0.5, 0.6) is 0 Å². The van der Waals surface area contributed by atoms with Crippen LogP contribution in [0.2, 0.25) is 10.0 Å². The number of aromatic amines is 1. The van der Waals surface area contributed by atoms with E-state index in [0.717, 1.165) is 22.1 Å². The average Bonchev–Trinajstić information content (AvgIpc) is 3.33. The molecule has 4 aromatic rings. The number of benzene rings is 2. The van der Waals surface area contributed by atoms with Crippen LogP contribution in [-0.4, -0.2) is 9.97 Å². The SMILES string of the molecule is Clc1ccc(C(OCc2coc3cc(Cl)ccc23)C(Cl)c2ncc[nH]2)cc1. The Labute approximate surface area is 171 Å². The van der Waals surface area contributed by atoms with Gasteiger partial charge >= 0.3 is 0 Å². The van der Waals surface area contributed by atoms with Crippen LogP contribution in [0.25, 0.3) is 11.0 Å². The number of halogens is 3. The molecule has 138 valence electrons. The monoisotopic (exact) mass is 420 g/mol. The number of nitrogens with one attached hydrogen (secondary N) is 1. The van der Waals surface area contributed by atoms with Gasteiger partial charge in [0.1, 0.15) is 22.9 Å². The first-order chi connectivity index (χ1) is 13.1. The van der Waals surface area contributed by atoms with E-state index in [2.05, 4.69) is 9.97 Å². The Bertz CT molecular complexity index is 1030. The van der Waals surface area contributed by atoms with Crippen molar-refractivity contribution < 1.29 is 9.15 Å². The minimum atomic E-state index is -0.492. The summed E-state index contributed by atoms with van der Waals surface area (Å²) in [5.41, 5.74) is 2.55. The maximum atomic E-state index is 6.67. The molecule has 27 heavy (non-hydrogen) atoms. The van der Waals surface area contributed by atoms with Gasteiger partial charge in [-0.05, 0) is 35.9 Å². The zero-order valence-electron chi connectivity index (χ0n) is 14.0. The minimum absolute atomic E-state index is 0.325. The van der Waals surface area contributed by atoms with E-state index in [1.54, 1.807) is 24.7 Å². The van der Waals surface area contributed by atoms with Crippen LogP contribution in [0.3, 0.4) is 0 Å². The lowest BCUT2D eigenvalue weighted by Crippen LogP contribution is -2.12. The average molecular weight is 422 g/mol. The number of hydrogen-bond donors (Lipinski definition) is 1. The van der Waals surface area contributed by atoms with Crippen LogP contribution in [0.4, 0.5) is 0 Å². The Morgan fingerprint density at radius 1 is 1.07 bits per heavy atom. The summed E-state index contributed by atoms with van der Waals surface area (Å²) in [6.45, 7) is 0.325. The molecule has 2 atom stereocenters. The molecule has 0 bridgehead atoms. The van der Waals surface area contributed by atoms with Crippen LogP contribution in [-0.2, 0) is 11.3 Å². The molecule has 4 nitrogen and oxygen atoms in total. The second-order valence-electron chi connectivity index (χ2n) is 6.06. The molecule has 1 N–H and O–H groups in total. The molecule has 0 saturated carbocycles. The maximum Gasteiger partial charge on any atom is 0.135 e. The third-order valence-electron chi connectivity index (χ3n) is 4.28. The Balaban J connectivity index is 1.61. The van der Waals surface area contributed by atoms with Crippen molar-refractivity contribution in [3.63, 3.8) is 0 Å². The van der Waals surface area contributed by atoms with Gasteiger partial charge in [0, 0.05) is 33.4 Å². The minimum Gasteiger partial charge on any atom is -0.464 e. The first-order valence-electron chi connectivity index (χ1n) is 8.28. The quantitative estimate of drug-likeness (QED) is 0.352. The van der Waals surface area contributed by atoms with Crippen LogP contribution in [0.1, 0.15) is 28.4 Å². The van der Waals surface area contributed by atoms with Crippen LogP contribution < -0.4 is 0 Å². The van der Waals surface area contributed by atoms with E-state index in [9.17, 15) is 0 Å². The van der Waals surface area contributed by atoms with E-state index in [1.807, 2.05) is 36.4 Å². The number of alkyl halides is 1. The van der Waals surface area contributed by atoms with Crippen LogP contribution in [0, 0.1) is 0 Å². The summed E-state index contributed by atoms with van der Waals surface area (Å²) < 4.78 is 11.8. The molecule has 0 amide bonds. The number of imidazole rings is 1. The van der Waals surface area contributed by atoms with E-state index in [-0.39, 0.29) is 0 Å². The fourth-order valence-electron chi connectivity index (χ4n) is 2.92. The predicted octanol–water partition coefficient (Wildman–Crippen LogP) is 6.70. The smallest absolute Gasteiger partial charge is 0.135 e. The lowest BCUT2D eigenvalue weighted by atomic mass is 10.1. The predicted molar refractivity (Wildman–Crippen MR) is 107 cm³/mol. The lowest BCUT2D eigenvalue weighted by molar-refractivity contribution is 0.0354. The number of rotatable bonds is 6. The van der Waals surface area contributed by atoms with Gasteiger partial charge in [-0.3, -0.25) is 0 Å². The molecule has 2 aromatic carbocycles. The summed E-state index contributed by atoms with van der Waals surface area (Å²) >= 11 is 18.7. The standard InChI is InChI=1S/C20H15Cl3N2O2/c21-14-3-1-12(2-4-14)19(18(23)20-24-7-8-25-20)27-11-13-10-26-17-9-15(22)5-6-16(13)17/h1-10,18-19H,11H2,(H,24,25). The largest absolute Gasteiger partial charge is 0.464 e. The molecule has 0 radical (unpaired) electrons. The summed E-state index contributed by atoms with van der Waals surface area (Å²) in [5.74, 6) is 0.639. The topological polar surface area (TPSA) is 51.1 Å². The number of aromatic nitrogens is 2. The normalized spacial score (nSPS) is 13.7. The molecular formula is C20H15Cl3N2O2. The van der Waals surface area contributed by atoms with Gasteiger partial charge in [0.25, 0.3) is 0 Å². The van der Waals surface area contributed by atoms with Gasteiger partial charge < -0.3 is 14.1 Å². The van der Waals surface area contributed by atoms with E-state index in [4.69, 9.17) is 44.0 Å². The van der Waals surface area contributed by atoms with Crippen molar-refractivity contribution in [2.45, 2.75) is 18.1 Å². The number of furan rings is 1. The second-order valence-corrected chi connectivity index (χ2v) is 7.40. The van der Waals surface area contributed by atoms with E-state index in [1.165, 1.54) is 0 Å². The number of ether oxygens (including phenoxy) is 1. The summed E-state index contributed by atoms with van der Waals surface area (Å²) in [5, 5.41) is 1.74. The Morgan fingerprint density at radius 3 is 2.59 bits per heavy atom. The van der Waals surface area contributed by atoms with E-state index < -0.39 is 11.5 Å². The second kappa shape index (κ2) is 7.95. The summed E-state index contributed by atoms with van der Waals surface area (Å²) in [6, 6.07) is 13.0. The van der Waals surface area contributed by atoms with Crippen molar-refractivity contribution >= 4 is 45.8 Å². The van der Waals surface area contributed by atoms with Gasteiger partial charge in [-0.2, -0.15) is 0 Å². The Hall–Kier alpha value is -1.98. The Morgan fingerprint density at radius 2 is 1.85 bits per heavy atom. The molecular weight excluding hydrogens is 407 g/mol. The van der Waals surface area contributed by atoms with Crippen molar-refractivity contribution in [1.82, 2.24) is 9.97 Å². The highest BCUT2D eigenvalue weighted by Gasteiger charge is 2.26. The molecule has 2 heterocycles. The molecule has 2 unspecified atom stereocenters. The van der Waals surface area contributed by atoms with E-state index >= 15 is 0 Å². The third-order valence-corrected chi connectivity index (χ3v) is 5.20. The van der Waals surface area contributed by atoms with Crippen molar-refractivity contribution in [1.29, 1.82) is 0 Å². The van der Waals surface area contributed by atoms with Gasteiger partial charge in [-0.25, -0.2) is 4.98 Å². The summed E-state index contributed by atoms with van der Waals surface area (Å²) in [6.07, 6.45) is 4.65. The zero-order chi connectivity index (χ0) is 18.8.